The fourth-order valence-corrected chi connectivity index (χ4v) is 2.14. The van der Waals surface area contributed by atoms with Crippen LogP contribution in [0.4, 0.5) is 14.4 Å². The quantitative estimate of drug-likeness (QED) is 0.241. The first-order valence-electron chi connectivity index (χ1n) is 9.14. The molecular formula is C18H31ClN2O8. The van der Waals surface area contributed by atoms with Crippen molar-refractivity contribution < 1.29 is 38.5 Å². The first-order valence-corrected chi connectivity index (χ1v) is 9.51. The van der Waals surface area contributed by atoms with E-state index in [0.29, 0.717) is 12.8 Å². The lowest BCUT2D eigenvalue weighted by molar-refractivity contribution is -0.145. The second-order valence-corrected chi connectivity index (χ2v) is 8.55. The van der Waals surface area contributed by atoms with E-state index in [9.17, 15) is 24.3 Å². The van der Waals surface area contributed by atoms with Gasteiger partial charge in [-0.05, 0) is 60.8 Å². The molecular weight excluding hydrogens is 408 g/mol. The molecule has 2 amide bonds. The topological polar surface area (TPSA) is 131 Å². The highest BCUT2D eigenvalue weighted by atomic mass is 35.5. The smallest absolute Gasteiger partial charge is 0.413 e. The van der Waals surface area contributed by atoms with Crippen LogP contribution in [0.2, 0.25) is 0 Å². The van der Waals surface area contributed by atoms with Crippen molar-refractivity contribution >= 4 is 35.2 Å². The van der Waals surface area contributed by atoms with Crippen LogP contribution in [0.15, 0.2) is 0 Å². The number of alkyl carbamates (subject to hydrolysis) is 1. The zero-order valence-corrected chi connectivity index (χ0v) is 18.5. The molecule has 0 rings (SSSR count). The average molecular weight is 439 g/mol. The number of carbonyl (C=O) groups is 4. The van der Waals surface area contributed by atoms with Gasteiger partial charge in [0.1, 0.15) is 17.2 Å². The molecule has 0 aliphatic rings. The number of amides is 2. The number of hydrogen-bond donors (Lipinski definition) is 2. The summed E-state index contributed by atoms with van der Waals surface area (Å²) in [5.74, 6) is -1.29. The molecule has 0 unspecified atom stereocenters. The third-order valence-electron chi connectivity index (χ3n) is 3.18. The summed E-state index contributed by atoms with van der Waals surface area (Å²) < 4.78 is 14.9. The molecule has 0 fully saturated rings. The number of nitrogens with one attached hydrogen (secondary N) is 1. The van der Waals surface area contributed by atoms with E-state index in [1.54, 1.807) is 41.5 Å². The first kappa shape index (κ1) is 26.8. The number of unbranched alkanes of at least 4 members (excludes halogenated alkanes) is 1. The van der Waals surface area contributed by atoms with Crippen LogP contribution in [0.25, 0.3) is 0 Å². The minimum absolute atomic E-state index is 0.0460. The van der Waals surface area contributed by atoms with Crippen LogP contribution in [0.3, 0.4) is 0 Å². The van der Waals surface area contributed by atoms with E-state index < -0.39 is 47.6 Å². The number of rotatable bonds is 9. The third-order valence-corrected chi connectivity index (χ3v) is 3.29. The number of hydrogen-bond acceptors (Lipinski definition) is 7. The van der Waals surface area contributed by atoms with E-state index in [2.05, 4.69) is 10.1 Å². The van der Waals surface area contributed by atoms with Gasteiger partial charge in [0.15, 0.2) is 6.73 Å². The Bertz CT molecular complexity index is 583. The highest BCUT2D eigenvalue weighted by molar-refractivity contribution is 6.61. The van der Waals surface area contributed by atoms with Gasteiger partial charge in [-0.15, -0.1) is 0 Å². The number of carbonyl (C=O) groups excluding carboxylic acids is 3. The first-order chi connectivity index (χ1) is 13.1. The Kier molecular flexibility index (Phi) is 10.8. The highest BCUT2D eigenvalue weighted by Crippen LogP contribution is 2.16. The Hall–Kier alpha value is -2.23. The molecule has 168 valence electrons. The average Bonchev–Trinajstić information content (AvgIpc) is 2.48. The molecule has 0 radical (unpaired) electrons. The van der Waals surface area contributed by atoms with E-state index in [-0.39, 0.29) is 13.0 Å². The maximum absolute atomic E-state index is 12.4. The predicted molar refractivity (Wildman–Crippen MR) is 105 cm³/mol. The van der Waals surface area contributed by atoms with Gasteiger partial charge in [-0.3, -0.25) is 4.90 Å². The van der Waals surface area contributed by atoms with Gasteiger partial charge in [0.05, 0.1) is 0 Å². The lowest BCUT2D eigenvalue weighted by atomic mass is 10.1. The van der Waals surface area contributed by atoms with E-state index in [4.69, 9.17) is 21.1 Å². The summed E-state index contributed by atoms with van der Waals surface area (Å²) in [6.07, 6.45) is -0.669. The number of halogens is 1. The summed E-state index contributed by atoms with van der Waals surface area (Å²) in [6, 6.07) is -1.30. The molecule has 0 saturated heterocycles. The van der Waals surface area contributed by atoms with E-state index in [0.717, 1.165) is 4.90 Å². The van der Waals surface area contributed by atoms with Crippen LogP contribution < -0.4 is 5.32 Å². The van der Waals surface area contributed by atoms with Crippen LogP contribution in [0.5, 0.6) is 0 Å². The molecule has 29 heavy (non-hydrogen) atoms. The number of carboxylic acid groups (broad SMARTS) is 1. The summed E-state index contributed by atoms with van der Waals surface area (Å²) >= 11 is 5.13. The van der Waals surface area contributed by atoms with Gasteiger partial charge in [0.2, 0.25) is 0 Å². The zero-order valence-electron chi connectivity index (χ0n) is 17.7. The van der Waals surface area contributed by atoms with Gasteiger partial charge in [-0.2, -0.15) is 0 Å². The monoisotopic (exact) mass is 438 g/mol. The maximum Gasteiger partial charge on any atom is 0.413 e. The Balaban J connectivity index is 4.83. The molecule has 0 spiro atoms. The Morgan fingerprint density at radius 1 is 1.00 bits per heavy atom. The SMILES string of the molecule is CC(C)(C)OC(=O)NCCCC[C@@H](C(=O)O)N(COC(=O)Cl)C(=O)OC(C)(C)C. The molecule has 10 nitrogen and oxygen atoms in total. The lowest BCUT2D eigenvalue weighted by Crippen LogP contribution is -2.48. The summed E-state index contributed by atoms with van der Waals surface area (Å²) in [5, 5.41) is 12.1. The molecule has 2 N–H and O–H groups in total. The summed E-state index contributed by atoms with van der Waals surface area (Å²) in [6.45, 7) is 9.68. The largest absolute Gasteiger partial charge is 0.480 e. The van der Waals surface area contributed by atoms with Gasteiger partial charge in [0, 0.05) is 18.1 Å². The van der Waals surface area contributed by atoms with Crippen LogP contribution in [0.1, 0.15) is 60.8 Å². The maximum atomic E-state index is 12.4. The second kappa shape index (κ2) is 11.7. The highest BCUT2D eigenvalue weighted by Gasteiger charge is 2.33. The molecule has 0 aliphatic carbocycles. The van der Waals surface area contributed by atoms with Crippen LogP contribution in [-0.2, 0) is 19.0 Å². The van der Waals surface area contributed by atoms with Crippen molar-refractivity contribution in [1.82, 2.24) is 10.2 Å². The summed E-state index contributed by atoms with van der Waals surface area (Å²) in [4.78, 5) is 47.3. The normalized spacial score (nSPS) is 12.5. The van der Waals surface area contributed by atoms with Crippen molar-refractivity contribution in [1.29, 1.82) is 0 Å². The molecule has 11 heteroatoms. The van der Waals surface area contributed by atoms with Crippen molar-refractivity contribution in [3.63, 3.8) is 0 Å². The summed E-state index contributed by atoms with van der Waals surface area (Å²) in [7, 11) is 0. The third kappa shape index (κ3) is 13.6. The molecule has 0 saturated carbocycles. The van der Waals surface area contributed by atoms with E-state index >= 15 is 0 Å². The fraction of sp³-hybridized carbons (Fsp3) is 0.778. The van der Waals surface area contributed by atoms with Gasteiger partial charge >= 0.3 is 23.6 Å². The van der Waals surface area contributed by atoms with Crippen LogP contribution >= 0.6 is 11.6 Å². The zero-order chi connectivity index (χ0) is 22.8. The van der Waals surface area contributed by atoms with E-state index in [1.807, 2.05) is 0 Å². The Labute approximate surface area is 175 Å². The van der Waals surface area contributed by atoms with Gasteiger partial charge in [0.25, 0.3) is 0 Å². The number of ether oxygens (including phenoxy) is 3. The number of nitrogens with zero attached hydrogens (tertiary/aromatic N) is 1. The van der Waals surface area contributed by atoms with Gasteiger partial charge in [-0.1, -0.05) is 0 Å². The minimum atomic E-state index is -1.30. The molecule has 1 atom stereocenters. The Morgan fingerprint density at radius 2 is 1.55 bits per heavy atom. The molecule has 0 bridgehead atoms. The van der Waals surface area contributed by atoms with Crippen molar-refractivity contribution in [3.8, 4) is 0 Å². The second-order valence-electron chi connectivity index (χ2n) is 8.24. The molecule has 0 heterocycles. The summed E-state index contributed by atoms with van der Waals surface area (Å²) in [5.41, 5.74) is -2.67. The van der Waals surface area contributed by atoms with Crippen molar-refractivity contribution in [3.05, 3.63) is 0 Å². The van der Waals surface area contributed by atoms with Gasteiger partial charge < -0.3 is 24.6 Å². The fourth-order valence-electron chi connectivity index (χ4n) is 2.09. The van der Waals surface area contributed by atoms with E-state index in [1.165, 1.54) is 0 Å². The molecule has 0 aliphatic heterocycles. The lowest BCUT2D eigenvalue weighted by Gasteiger charge is -2.30. The number of carboxylic acids is 1. The predicted octanol–water partition coefficient (Wildman–Crippen LogP) is 3.70. The number of aliphatic carboxylic acids is 1. The minimum Gasteiger partial charge on any atom is -0.480 e. The van der Waals surface area contributed by atoms with Crippen LogP contribution in [0, 0.1) is 0 Å². The molecule has 0 aromatic rings. The standard InChI is InChI=1S/C18H31ClN2O8/c1-17(2,3)28-15(25)20-10-8-7-9-12(13(22)23)21(11-27-14(19)24)16(26)29-18(4,5)6/h12H,7-11H2,1-6H3,(H,20,25)(H,22,23)/t12-/m0/s1. The van der Waals surface area contributed by atoms with Crippen LogP contribution in [-0.4, -0.2) is 64.1 Å². The Morgan fingerprint density at radius 3 is 2.00 bits per heavy atom. The van der Waals surface area contributed by atoms with Crippen molar-refractivity contribution in [2.24, 2.45) is 0 Å². The van der Waals surface area contributed by atoms with Crippen molar-refractivity contribution in [2.45, 2.75) is 78.0 Å². The molecule has 0 aromatic carbocycles. The molecule has 0 aromatic heterocycles. The van der Waals surface area contributed by atoms with Gasteiger partial charge in [-0.25, -0.2) is 19.2 Å². The van der Waals surface area contributed by atoms with Crippen molar-refractivity contribution in [2.75, 3.05) is 13.3 Å².